The van der Waals surface area contributed by atoms with Gasteiger partial charge in [0.2, 0.25) is 0 Å². The zero-order valence-corrected chi connectivity index (χ0v) is 11.6. The number of aromatic nitrogens is 2. The van der Waals surface area contributed by atoms with Gasteiger partial charge in [-0.2, -0.15) is 5.10 Å². The maximum absolute atomic E-state index is 4.28. The van der Waals surface area contributed by atoms with Crippen molar-refractivity contribution in [1.82, 2.24) is 15.1 Å². The van der Waals surface area contributed by atoms with Crippen LogP contribution in [0, 0.1) is 6.92 Å². The van der Waals surface area contributed by atoms with Gasteiger partial charge in [0.25, 0.3) is 0 Å². The summed E-state index contributed by atoms with van der Waals surface area (Å²) in [4.78, 5) is 0. The molecule has 0 fully saturated rings. The maximum Gasteiger partial charge on any atom is 0.0571 e. The highest BCUT2D eigenvalue weighted by Crippen LogP contribution is 2.23. The molecule has 3 heteroatoms. The molecule has 0 radical (unpaired) electrons. The van der Waals surface area contributed by atoms with Crippen molar-refractivity contribution in [2.24, 2.45) is 7.05 Å². The first-order chi connectivity index (χ1) is 8.61. The molecule has 2 rings (SSSR count). The average Bonchev–Trinajstić information content (AvgIpc) is 2.71. The minimum absolute atomic E-state index is 0.510. The molecular weight excluding hydrogens is 222 g/mol. The van der Waals surface area contributed by atoms with Gasteiger partial charge < -0.3 is 5.32 Å². The Morgan fingerprint density at radius 1 is 1.28 bits per heavy atom. The lowest BCUT2D eigenvalue weighted by Crippen LogP contribution is -2.23. The highest BCUT2D eigenvalue weighted by atomic mass is 15.3. The molecule has 1 unspecified atom stereocenters. The number of hydrogen-bond donors (Lipinski definition) is 1. The van der Waals surface area contributed by atoms with Gasteiger partial charge in [-0.3, -0.25) is 4.68 Å². The average molecular weight is 243 g/mol. The summed E-state index contributed by atoms with van der Waals surface area (Å²) < 4.78 is 1.91. The van der Waals surface area contributed by atoms with Crippen molar-refractivity contribution < 1.29 is 0 Å². The molecule has 0 saturated heterocycles. The van der Waals surface area contributed by atoms with E-state index in [0.29, 0.717) is 6.04 Å². The number of benzene rings is 1. The Morgan fingerprint density at radius 2 is 1.94 bits per heavy atom. The van der Waals surface area contributed by atoms with E-state index < -0.39 is 0 Å². The number of likely N-dealkylation sites (N-methyl/N-ethyl adjacent to an activating group) is 1. The van der Waals surface area contributed by atoms with Crippen LogP contribution in [0.5, 0.6) is 0 Å². The lowest BCUT2D eigenvalue weighted by Gasteiger charge is -2.10. The van der Waals surface area contributed by atoms with Gasteiger partial charge in [0.15, 0.2) is 0 Å². The van der Waals surface area contributed by atoms with Gasteiger partial charge in [0.1, 0.15) is 0 Å². The molecule has 18 heavy (non-hydrogen) atoms. The lowest BCUT2D eigenvalue weighted by atomic mass is 10.0. The van der Waals surface area contributed by atoms with E-state index in [4.69, 9.17) is 0 Å². The molecule has 0 aliphatic rings. The molecule has 1 aromatic carbocycles. The van der Waals surface area contributed by atoms with Gasteiger partial charge >= 0.3 is 0 Å². The van der Waals surface area contributed by atoms with Gasteiger partial charge in [-0.25, -0.2) is 0 Å². The first-order valence-electron chi connectivity index (χ1n) is 6.37. The van der Waals surface area contributed by atoms with Crippen LogP contribution in [0.25, 0.3) is 11.1 Å². The molecule has 1 heterocycles. The monoisotopic (exact) mass is 243 g/mol. The summed E-state index contributed by atoms with van der Waals surface area (Å²) in [5.41, 5.74) is 5.01. The Labute approximate surface area is 109 Å². The number of nitrogens with zero attached hydrogens (tertiary/aromatic N) is 2. The molecule has 1 aromatic heterocycles. The highest BCUT2D eigenvalue weighted by Gasteiger charge is 2.06. The maximum atomic E-state index is 4.28. The van der Waals surface area contributed by atoms with Crippen LogP contribution in [0.2, 0.25) is 0 Å². The van der Waals surface area contributed by atoms with E-state index in [1.807, 2.05) is 25.0 Å². The standard InChI is InChI=1S/C15H21N3/c1-11(16-3)9-13-5-7-14(8-6-13)15-10-17-18(4)12(15)2/h5-8,10-11,16H,9H2,1-4H3. The second kappa shape index (κ2) is 5.36. The molecule has 96 valence electrons. The van der Waals surface area contributed by atoms with E-state index in [2.05, 4.69) is 48.5 Å². The van der Waals surface area contributed by atoms with Crippen LogP contribution >= 0.6 is 0 Å². The topological polar surface area (TPSA) is 29.9 Å². The molecule has 0 aliphatic heterocycles. The Kier molecular flexibility index (Phi) is 3.82. The minimum Gasteiger partial charge on any atom is -0.317 e. The van der Waals surface area contributed by atoms with Crippen molar-refractivity contribution in [3.05, 3.63) is 41.7 Å². The molecule has 2 aromatic rings. The molecular formula is C15H21N3. The number of rotatable bonds is 4. The van der Waals surface area contributed by atoms with Crippen LogP contribution in [0.4, 0.5) is 0 Å². The fraction of sp³-hybridized carbons (Fsp3) is 0.400. The third-order valence-corrected chi connectivity index (χ3v) is 3.53. The molecule has 3 nitrogen and oxygen atoms in total. The summed E-state index contributed by atoms with van der Waals surface area (Å²) in [6.45, 7) is 4.29. The fourth-order valence-electron chi connectivity index (χ4n) is 2.06. The summed E-state index contributed by atoms with van der Waals surface area (Å²) in [7, 11) is 3.97. The molecule has 0 aliphatic carbocycles. The van der Waals surface area contributed by atoms with Crippen molar-refractivity contribution in [1.29, 1.82) is 0 Å². The molecule has 1 N–H and O–H groups in total. The van der Waals surface area contributed by atoms with E-state index in [0.717, 1.165) is 6.42 Å². The Hall–Kier alpha value is -1.61. The molecule has 1 atom stereocenters. The van der Waals surface area contributed by atoms with Crippen molar-refractivity contribution in [3.8, 4) is 11.1 Å². The third kappa shape index (κ3) is 2.62. The third-order valence-electron chi connectivity index (χ3n) is 3.53. The Morgan fingerprint density at radius 3 is 2.44 bits per heavy atom. The van der Waals surface area contributed by atoms with E-state index >= 15 is 0 Å². The van der Waals surface area contributed by atoms with Gasteiger partial charge in [0.05, 0.1) is 6.20 Å². The van der Waals surface area contributed by atoms with Crippen LogP contribution in [0.15, 0.2) is 30.5 Å². The highest BCUT2D eigenvalue weighted by molar-refractivity contribution is 5.65. The normalized spacial score (nSPS) is 12.7. The number of hydrogen-bond acceptors (Lipinski definition) is 2. The van der Waals surface area contributed by atoms with Crippen LogP contribution in [-0.4, -0.2) is 22.9 Å². The minimum atomic E-state index is 0.510. The SMILES string of the molecule is CNC(C)Cc1ccc(-c2cnn(C)c2C)cc1. The van der Waals surface area contributed by atoms with Crippen LogP contribution in [-0.2, 0) is 13.5 Å². The summed E-state index contributed by atoms with van der Waals surface area (Å²) in [5, 5.41) is 7.54. The zero-order chi connectivity index (χ0) is 13.1. The predicted molar refractivity (Wildman–Crippen MR) is 75.6 cm³/mol. The molecule has 0 bridgehead atoms. The second-order valence-corrected chi connectivity index (χ2v) is 4.86. The quantitative estimate of drug-likeness (QED) is 0.894. The Balaban J connectivity index is 2.20. The van der Waals surface area contributed by atoms with Crippen molar-refractivity contribution >= 4 is 0 Å². The van der Waals surface area contributed by atoms with Crippen LogP contribution in [0.1, 0.15) is 18.2 Å². The lowest BCUT2D eigenvalue weighted by molar-refractivity contribution is 0.608. The van der Waals surface area contributed by atoms with Gasteiger partial charge in [-0.15, -0.1) is 0 Å². The number of nitrogens with one attached hydrogen (secondary N) is 1. The summed E-state index contributed by atoms with van der Waals surface area (Å²) >= 11 is 0. The summed E-state index contributed by atoms with van der Waals surface area (Å²) in [6.07, 6.45) is 2.99. The first kappa shape index (κ1) is 12.8. The van der Waals surface area contributed by atoms with Crippen LogP contribution < -0.4 is 5.32 Å². The molecule has 0 amide bonds. The van der Waals surface area contributed by atoms with Crippen molar-refractivity contribution in [2.75, 3.05) is 7.05 Å². The largest absolute Gasteiger partial charge is 0.317 e. The van der Waals surface area contributed by atoms with Crippen molar-refractivity contribution in [2.45, 2.75) is 26.3 Å². The molecule has 0 saturated carbocycles. The summed E-state index contributed by atoms with van der Waals surface area (Å²) in [5.74, 6) is 0. The van der Waals surface area contributed by atoms with E-state index in [1.165, 1.54) is 22.4 Å². The predicted octanol–water partition coefficient (Wildman–Crippen LogP) is 2.55. The zero-order valence-electron chi connectivity index (χ0n) is 11.6. The Bertz CT molecular complexity index is 511. The first-order valence-corrected chi connectivity index (χ1v) is 6.37. The van der Waals surface area contributed by atoms with E-state index in [9.17, 15) is 0 Å². The van der Waals surface area contributed by atoms with E-state index in [1.54, 1.807) is 0 Å². The van der Waals surface area contributed by atoms with Crippen molar-refractivity contribution in [3.63, 3.8) is 0 Å². The smallest absolute Gasteiger partial charge is 0.0571 e. The van der Waals surface area contributed by atoms with Crippen LogP contribution in [0.3, 0.4) is 0 Å². The van der Waals surface area contributed by atoms with Gasteiger partial charge in [-0.1, -0.05) is 24.3 Å². The van der Waals surface area contributed by atoms with Gasteiger partial charge in [-0.05, 0) is 38.4 Å². The summed E-state index contributed by atoms with van der Waals surface area (Å²) in [6, 6.07) is 9.28. The molecule has 0 spiro atoms. The van der Waals surface area contributed by atoms with Gasteiger partial charge in [0, 0.05) is 24.3 Å². The second-order valence-electron chi connectivity index (χ2n) is 4.86. The van der Waals surface area contributed by atoms with E-state index in [-0.39, 0.29) is 0 Å². The fourth-order valence-corrected chi connectivity index (χ4v) is 2.06. The number of aryl methyl sites for hydroxylation is 1.